The first kappa shape index (κ1) is 14.7. The van der Waals surface area contributed by atoms with Crippen LogP contribution in [0.2, 0.25) is 5.02 Å². The quantitative estimate of drug-likeness (QED) is 0.650. The highest BCUT2D eigenvalue weighted by Gasteiger charge is 2.18. The largest absolute Gasteiger partial charge is 0.477 e. The average molecular weight is 308 g/mol. The standard InChI is InChI=1S/C13H10ClN3O4/c14-9-3-1-8(2-4-9)7-15-12-11(17(20)21)6-5-10(16-12)13(18)19/h1-6H,7H2,(H,15,16)(H,18,19). The molecule has 2 N–H and O–H groups in total. The molecule has 7 nitrogen and oxygen atoms in total. The zero-order valence-corrected chi connectivity index (χ0v) is 11.4. The predicted octanol–water partition coefficient (Wildman–Crippen LogP) is 2.95. The fourth-order valence-corrected chi connectivity index (χ4v) is 1.76. The highest BCUT2D eigenvalue weighted by Crippen LogP contribution is 2.23. The Labute approximate surface area is 124 Å². The van der Waals surface area contributed by atoms with Crippen LogP contribution in [0.1, 0.15) is 16.1 Å². The number of nitrogens with zero attached hydrogens (tertiary/aromatic N) is 2. The Morgan fingerprint density at radius 2 is 1.95 bits per heavy atom. The van der Waals surface area contributed by atoms with E-state index in [2.05, 4.69) is 10.3 Å². The Morgan fingerprint density at radius 1 is 1.29 bits per heavy atom. The molecule has 2 aromatic rings. The van der Waals surface area contributed by atoms with Crippen LogP contribution in [-0.4, -0.2) is 21.0 Å². The molecule has 21 heavy (non-hydrogen) atoms. The van der Waals surface area contributed by atoms with E-state index in [9.17, 15) is 14.9 Å². The molecule has 0 radical (unpaired) electrons. The summed E-state index contributed by atoms with van der Waals surface area (Å²) in [6.45, 7) is 0.258. The van der Waals surface area contributed by atoms with Crippen molar-refractivity contribution in [1.29, 1.82) is 0 Å². The Bertz CT molecular complexity index is 688. The molecule has 0 fully saturated rings. The molecule has 1 heterocycles. The molecule has 0 spiro atoms. The van der Waals surface area contributed by atoms with Crippen LogP contribution in [0.5, 0.6) is 0 Å². The van der Waals surface area contributed by atoms with E-state index in [-0.39, 0.29) is 23.7 Å². The number of aromatic carboxylic acids is 1. The summed E-state index contributed by atoms with van der Waals surface area (Å²) in [6.07, 6.45) is 0. The highest BCUT2D eigenvalue weighted by molar-refractivity contribution is 6.30. The topological polar surface area (TPSA) is 105 Å². The van der Waals surface area contributed by atoms with Crippen LogP contribution in [-0.2, 0) is 6.54 Å². The Hall–Kier alpha value is -2.67. The van der Waals surface area contributed by atoms with Crippen molar-refractivity contribution in [3.63, 3.8) is 0 Å². The van der Waals surface area contributed by atoms with Gasteiger partial charge in [0.05, 0.1) is 4.92 Å². The summed E-state index contributed by atoms with van der Waals surface area (Å²) in [5.41, 5.74) is 0.282. The fourth-order valence-electron chi connectivity index (χ4n) is 1.64. The molecule has 0 amide bonds. The van der Waals surface area contributed by atoms with Gasteiger partial charge in [0.15, 0.2) is 5.69 Å². The summed E-state index contributed by atoms with van der Waals surface area (Å²) in [5.74, 6) is -1.34. The van der Waals surface area contributed by atoms with E-state index in [1.165, 1.54) is 0 Å². The molecular weight excluding hydrogens is 298 g/mol. The molecule has 0 bridgehead atoms. The number of anilines is 1. The number of hydrogen-bond acceptors (Lipinski definition) is 5. The van der Waals surface area contributed by atoms with Gasteiger partial charge in [0.2, 0.25) is 5.82 Å². The number of pyridine rings is 1. The van der Waals surface area contributed by atoms with E-state index in [0.29, 0.717) is 5.02 Å². The van der Waals surface area contributed by atoms with Gasteiger partial charge < -0.3 is 10.4 Å². The van der Waals surface area contributed by atoms with Gasteiger partial charge in [0.25, 0.3) is 0 Å². The Balaban J connectivity index is 2.24. The average Bonchev–Trinajstić information content (AvgIpc) is 2.46. The third kappa shape index (κ3) is 3.67. The Kier molecular flexibility index (Phi) is 4.34. The van der Waals surface area contributed by atoms with E-state index >= 15 is 0 Å². The zero-order valence-electron chi connectivity index (χ0n) is 10.6. The van der Waals surface area contributed by atoms with Crippen molar-refractivity contribution in [2.24, 2.45) is 0 Å². The first-order valence-corrected chi connectivity index (χ1v) is 6.22. The molecule has 0 unspecified atom stereocenters. The van der Waals surface area contributed by atoms with Gasteiger partial charge in [-0.2, -0.15) is 0 Å². The maximum Gasteiger partial charge on any atom is 0.354 e. The van der Waals surface area contributed by atoms with Gasteiger partial charge in [0, 0.05) is 17.6 Å². The van der Waals surface area contributed by atoms with Crippen LogP contribution in [0, 0.1) is 10.1 Å². The highest BCUT2D eigenvalue weighted by atomic mass is 35.5. The van der Waals surface area contributed by atoms with Gasteiger partial charge >= 0.3 is 11.7 Å². The van der Waals surface area contributed by atoms with Crippen molar-refractivity contribution >= 4 is 29.1 Å². The molecule has 2 rings (SSSR count). The smallest absolute Gasteiger partial charge is 0.354 e. The monoisotopic (exact) mass is 307 g/mol. The number of carbonyl (C=O) groups is 1. The molecule has 0 aliphatic carbocycles. The molecule has 0 atom stereocenters. The van der Waals surface area contributed by atoms with E-state index < -0.39 is 10.9 Å². The number of benzene rings is 1. The van der Waals surface area contributed by atoms with E-state index in [4.69, 9.17) is 16.7 Å². The van der Waals surface area contributed by atoms with Gasteiger partial charge in [0.1, 0.15) is 0 Å². The molecule has 8 heteroatoms. The predicted molar refractivity (Wildman–Crippen MR) is 76.6 cm³/mol. The minimum Gasteiger partial charge on any atom is -0.477 e. The molecule has 0 aliphatic heterocycles. The van der Waals surface area contributed by atoms with Gasteiger partial charge in [-0.25, -0.2) is 9.78 Å². The van der Waals surface area contributed by atoms with Crippen LogP contribution >= 0.6 is 11.6 Å². The van der Waals surface area contributed by atoms with Gasteiger partial charge in [-0.3, -0.25) is 10.1 Å². The molecule has 1 aromatic carbocycles. The number of carboxylic acids is 1. The SMILES string of the molecule is O=C(O)c1ccc([N+](=O)[O-])c(NCc2ccc(Cl)cc2)n1. The molecular formula is C13H10ClN3O4. The number of nitro groups is 1. The first-order valence-electron chi connectivity index (χ1n) is 5.84. The Morgan fingerprint density at radius 3 is 2.52 bits per heavy atom. The molecule has 1 aromatic heterocycles. The molecule has 0 aliphatic rings. The van der Waals surface area contributed by atoms with Crippen molar-refractivity contribution in [1.82, 2.24) is 4.98 Å². The number of rotatable bonds is 5. The summed E-state index contributed by atoms with van der Waals surface area (Å²) in [5, 5.41) is 23.1. The van der Waals surface area contributed by atoms with Gasteiger partial charge in [-0.05, 0) is 23.8 Å². The fraction of sp³-hybridized carbons (Fsp3) is 0.0769. The number of aromatic nitrogens is 1. The maximum atomic E-state index is 10.9. The van der Waals surface area contributed by atoms with Crippen molar-refractivity contribution in [3.05, 3.63) is 62.8 Å². The lowest BCUT2D eigenvalue weighted by Crippen LogP contribution is -2.08. The molecule has 0 saturated heterocycles. The van der Waals surface area contributed by atoms with E-state index in [0.717, 1.165) is 17.7 Å². The van der Waals surface area contributed by atoms with Crippen LogP contribution in [0.25, 0.3) is 0 Å². The lowest BCUT2D eigenvalue weighted by molar-refractivity contribution is -0.384. The van der Waals surface area contributed by atoms with Crippen LogP contribution in [0.3, 0.4) is 0 Å². The number of nitrogens with one attached hydrogen (secondary N) is 1. The lowest BCUT2D eigenvalue weighted by Gasteiger charge is -2.07. The second-order valence-electron chi connectivity index (χ2n) is 4.11. The zero-order chi connectivity index (χ0) is 15.4. The molecule has 108 valence electrons. The second-order valence-corrected chi connectivity index (χ2v) is 4.54. The minimum absolute atomic E-state index is 0.0881. The molecule has 0 saturated carbocycles. The van der Waals surface area contributed by atoms with E-state index in [1.807, 2.05) is 0 Å². The number of halogens is 1. The van der Waals surface area contributed by atoms with Crippen LogP contribution < -0.4 is 5.32 Å². The third-order valence-electron chi connectivity index (χ3n) is 2.66. The summed E-state index contributed by atoms with van der Waals surface area (Å²) in [4.78, 5) is 24.9. The van der Waals surface area contributed by atoms with Crippen molar-refractivity contribution < 1.29 is 14.8 Å². The van der Waals surface area contributed by atoms with Gasteiger partial charge in [-0.15, -0.1) is 0 Å². The van der Waals surface area contributed by atoms with Crippen LogP contribution in [0.4, 0.5) is 11.5 Å². The third-order valence-corrected chi connectivity index (χ3v) is 2.91. The number of carboxylic acid groups (broad SMARTS) is 1. The summed E-state index contributed by atoms with van der Waals surface area (Å²) in [6, 6.07) is 9.08. The summed E-state index contributed by atoms with van der Waals surface area (Å²) in [7, 11) is 0. The van der Waals surface area contributed by atoms with Crippen molar-refractivity contribution in [2.75, 3.05) is 5.32 Å². The summed E-state index contributed by atoms with van der Waals surface area (Å²) < 4.78 is 0. The van der Waals surface area contributed by atoms with Crippen LogP contribution in [0.15, 0.2) is 36.4 Å². The van der Waals surface area contributed by atoms with Crippen molar-refractivity contribution in [3.8, 4) is 0 Å². The minimum atomic E-state index is -1.25. The normalized spacial score (nSPS) is 10.1. The van der Waals surface area contributed by atoms with Crippen molar-refractivity contribution in [2.45, 2.75) is 6.54 Å². The first-order chi connectivity index (χ1) is 9.97. The maximum absolute atomic E-state index is 10.9. The second kappa shape index (κ2) is 6.19. The lowest BCUT2D eigenvalue weighted by atomic mass is 10.2. The summed E-state index contributed by atoms with van der Waals surface area (Å²) >= 11 is 5.76. The number of hydrogen-bond donors (Lipinski definition) is 2. The van der Waals surface area contributed by atoms with Gasteiger partial charge in [-0.1, -0.05) is 23.7 Å². The van der Waals surface area contributed by atoms with E-state index in [1.54, 1.807) is 24.3 Å².